The number of phenolic OH excluding ortho intramolecular Hbond substituents is 1. The molecule has 0 bridgehead atoms. The molecule has 0 aromatic heterocycles. The Kier molecular flexibility index (Phi) is 6.19. The Hall–Kier alpha value is -1.62. The van der Waals surface area contributed by atoms with Crippen LogP contribution in [0.15, 0.2) is 18.2 Å². The maximum absolute atomic E-state index is 13.3. The lowest BCUT2D eigenvalue weighted by molar-refractivity contribution is 0.0788. The van der Waals surface area contributed by atoms with Crippen molar-refractivity contribution in [2.75, 3.05) is 33.2 Å². The molecule has 0 aliphatic carbocycles. The molecule has 2 saturated heterocycles. The van der Waals surface area contributed by atoms with Crippen molar-refractivity contribution in [3.05, 3.63) is 29.6 Å². The smallest absolute Gasteiger partial charge is 0.256 e. The second-order valence-corrected chi connectivity index (χ2v) is 6.03. The van der Waals surface area contributed by atoms with Crippen molar-refractivity contribution in [1.29, 1.82) is 0 Å². The lowest BCUT2D eigenvalue weighted by atomic mass is 10.1. The van der Waals surface area contributed by atoms with Gasteiger partial charge in [-0.2, -0.15) is 0 Å². The first kappa shape index (κ1) is 16.7. The van der Waals surface area contributed by atoms with Gasteiger partial charge in [0.05, 0.1) is 5.56 Å². The van der Waals surface area contributed by atoms with Crippen molar-refractivity contribution in [2.24, 2.45) is 0 Å². The maximum Gasteiger partial charge on any atom is 0.256 e. The third-order valence-electron chi connectivity index (χ3n) is 4.16. The van der Waals surface area contributed by atoms with Gasteiger partial charge >= 0.3 is 0 Å². The molecule has 0 radical (unpaired) electrons. The minimum atomic E-state index is -0.660. The summed E-state index contributed by atoms with van der Waals surface area (Å²) in [5, 5.41) is 9.02. The zero-order valence-corrected chi connectivity index (χ0v) is 13.2. The summed E-state index contributed by atoms with van der Waals surface area (Å²) in [4.78, 5) is 15.8. The molecule has 3 rings (SSSR count). The first-order valence-electron chi connectivity index (χ1n) is 8.04. The molecule has 1 aromatic rings. The van der Waals surface area contributed by atoms with Gasteiger partial charge in [-0.05, 0) is 58.0 Å². The summed E-state index contributed by atoms with van der Waals surface area (Å²) in [7, 11) is 2.19. The Morgan fingerprint density at radius 3 is 2.14 bits per heavy atom. The number of carbonyl (C=O) groups excluding carboxylic acids is 1. The molecule has 22 heavy (non-hydrogen) atoms. The Labute approximate surface area is 131 Å². The van der Waals surface area contributed by atoms with Crippen LogP contribution in [0.1, 0.15) is 42.5 Å². The number of amides is 1. The average molecular weight is 308 g/mol. The zero-order valence-electron chi connectivity index (χ0n) is 13.2. The van der Waals surface area contributed by atoms with Gasteiger partial charge in [0.15, 0.2) is 0 Å². The third kappa shape index (κ3) is 4.70. The summed E-state index contributed by atoms with van der Waals surface area (Å²) in [5.41, 5.74) is 0.0368. The average Bonchev–Trinajstić information content (AvgIpc) is 3.02. The monoisotopic (exact) mass is 308 g/mol. The second-order valence-electron chi connectivity index (χ2n) is 6.03. The predicted molar refractivity (Wildman–Crippen MR) is 84.6 cm³/mol. The van der Waals surface area contributed by atoms with E-state index in [9.17, 15) is 9.18 Å². The number of likely N-dealkylation sites (tertiary alicyclic amines) is 2. The van der Waals surface area contributed by atoms with E-state index >= 15 is 0 Å². The van der Waals surface area contributed by atoms with Crippen LogP contribution in [-0.2, 0) is 0 Å². The van der Waals surface area contributed by atoms with Crippen LogP contribution < -0.4 is 0 Å². The van der Waals surface area contributed by atoms with E-state index in [0.29, 0.717) is 13.1 Å². The molecule has 0 spiro atoms. The highest BCUT2D eigenvalue weighted by atomic mass is 19.1. The van der Waals surface area contributed by atoms with E-state index in [2.05, 4.69) is 11.9 Å². The van der Waals surface area contributed by atoms with Crippen LogP contribution in [0.5, 0.6) is 5.75 Å². The van der Waals surface area contributed by atoms with Gasteiger partial charge < -0.3 is 14.9 Å². The first-order chi connectivity index (χ1) is 10.6. The second kappa shape index (κ2) is 8.13. The molecular formula is C17H25FN2O2. The van der Waals surface area contributed by atoms with Crippen LogP contribution in [-0.4, -0.2) is 54.0 Å². The molecule has 1 aromatic carbocycles. The van der Waals surface area contributed by atoms with Gasteiger partial charge in [0.2, 0.25) is 0 Å². The molecule has 2 heterocycles. The van der Waals surface area contributed by atoms with Crippen LogP contribution in [0.3, 0.4) is 0 Å². The lowest BCUT2D eigenvalue weighted by Crippen LogP contribution is -2.28. The summed E-state index contributed by atoms with van der Waals surface area (Å²) in [6, 6.07) is 3.61. The van der Waals surface area contributed by atoms with Crippen LogP contribution in [0, 0.1) is 5.82 Å². The molecule has 122 valence electrons. The highest BCUT2D eigenvalue weighted by Crippen LogP contribution is 2.19. The topological polar surface area (TPSA) is 43.8 Å². The van der Waals surface area contributed by atoms with Crippen molar-refractivity contribution >= 4 is 5.91 Å². The first-order valence-corrected chi connectivity index (χ1v) is 8.04. The SMILES string of the molecule is CN1CCCCC1.O=C(c1ccc(O)cc1F)N1CCCC1. The summed E-state index contributed by atoms with van der Waals surface area (Å²) in [5.74, 6) is -1.11. The standard InChI is InChI=1S/C11H12FNO2.C6H13N/c12-10-7-8(14)3-4-9(10)11(15)13-5-1-2-6-13;1-7-5-3-2-4-6-7/h3-4,7,14H,1-2,5-6H2;2-6H2,1H3. The number of hydrogen-bond acceptors (Lipinski definition) is 3. The summed E-state index contributed by atoms with van der Waals surface area (Å²) in [6.45, 7) is 4.03. The van der Waals surface area contributed by atoms with Crippen LogP contribution >= 0.6 is 0 Å². The van der Waals surface area contributed by atoms with E-state index in [1.807, 2.05) is 0 Å². The predicted octanol–water partition coefficient (Wildman–Crippen LogP) is 2.87. The molecule has 0 unspecified atom stereocenters. The highest BCUT2D eigenvalue weighted by Gasteiger charge is 2.22. The molecular weight excluding hydrogens is 283 g/mol. The fourth-order valence-electron chi connectivity index (χ4n) is 2.82. The number of rotatable bonds is 1. The number of piperidine rings is 1. The van der Waals surface area contributed by atoms with Gasteiger partial charge in [0, 0.05) is 19.2 Å². The van der Waals surface area contributed by atoms with Crippen molar-refractivity contribution in [3.63, 3.8) is 0 Å². The van der Waals surface area contributed by atoms with Gasteiger partial charge in [-0.25, -0.2) is 4.39 Å². The number of hydrogen-bond donors (Lipinski definition) is 1. The van der Waals surface area contributed by atoms with Crippen molar-refractivity contribution in [2.45, 2.75) is 32.1 Å². The fraction of sp³-hybridized carbons (Fsp3) is 0.588. The lowest BCUT2D eigenvalue weighted by Gasteiger charge is -2.20. The number of benzene rings is 1. The normalized spacial score (nSPS) is 18.7. The number of carbonyl (C=O) groups is 1. The van der Waals surface area contributed by atoms with Crippen LogP contribution in [0.2, 0.25) is 0 Å². The largest absolute Gasteiger partial charge is 0.508 e. The number of nitrogens with zero attached hydrogens (tertiary/aromatic N) is 2. The van der Waals surface area contributed by atoms with E-state index in [-0.39, 0.29) is 17.2 Å². The highest BCUT2D eigenvalue weighted by molar-refractivity contribution is 5.94. The Morgan fingerprint density at radius 1 is 1.05 bits per heavy atom. The Morgan fingerprint density at radius 2 is 1.64 bits per heavy atom. The molecule has 4 nitrogen and oxygen atoms in total. The molecule has 2 aliphatic heterocycles. The van der Waals surface area contributed by atoms with E-state index in [1.54, 1.807) is 4.90 Å². The van der Waals surface area contributed by atoms with Gasteiger partial charge in [-0.15, -0.1) is 0 Å². The van der Waals surface area contributed by atoms with Crippen molar-refractivity contribution in [1.82, 2.24) is 9.80 Å². The fourth-order valence-corrected chi connectivity index (χ4v) is 2.82. The molecule has 0 atom stereocenters. The summed E-state index contributed by atoms with van der Waals surface area (Å²) in [6.07, 6.45) is 6.23. The van der Waals surface area contributed by atoms with Gasteiger partial charge in [-0.1, -0.05) is 6.42 Å². The summed E-state index contributed by atoms with van der Waals surface area (Å²) >= 11 is 0. The molecule has 0 saturated carbocycles. The van der Waals surface area contributed by atoms with Crippen LogP contribution in [0.25, 0.3) is 0 Å². The van der Waals surface area contributed by atoms with E-state index in [4.69, 9.17) is 5.11 Å². The molecule has 1 N–H and O–H groups in total. The number of aromatic hydroxyl groups is 1. The Bertz CT molecular complexity index is 495. The number of phenols is 1. The van der Waals surface area contributed by atoms with Crippen molar-refractivity contribution < 1.29 is 14.3 Å². The van der Waals surface area contributed by atoms with E-state index < -0.39 is 5.82 Å². The molecule has 1 amide bonds. The molecule has 2 aliphatic rings. The van der Waals surface area contributed by atoms with Crippen molar-refractivity contribution in [3.8, 4) is 5.75 Å². The molecule has 2 fully saturated rings. The zero-order chi connectivity index (χ0) is 15.9. The quantitative estimate of drug-likeness (QED) is 0.867. The van der Waals surface area contributed by atoms with E-state index in [0.717, 1.165) is 18.9 Å². The van der Waals surface area contributed by atoms with Gasteiger partial charge in [0.1, 0.15) is 11.6 Å². The minimum Gasteiger partial charge on any atom is -0.508 e. The third-order valence-corrected chi connectivity index (χ3v) is 4.16. The Balaban J connectivity index is 0.000000211. The molecule has 5 heteroatoms. The number of halogens is 1. The minimum absolute atomic E-state index is 0.0368. The summed E-state index contributed by atoms with van der Waals surface area (Å²) < 4.78 is 13.3. The van der Waals surface area contributed by atoms with Gasteiger partial charge in [-0.3, -0.25) is 4.79 Å². The van der Waals surface area contributed by atoms with Crippen LogP contribution in [0.4, 0.5) is 4.39 Å². The van der Waals surface area contributed by atoms with Gasteiger partial charge in [0.25, 0.3) is 5.91 Å². The van der Waals surface area contributed by atoms with E-state index in [1.165, 1.54) is 44.5 Å². The maximum atomic E-state index is 13.3.